The van der Waals surface area contributed by atoms with Gasteiger partial charge >= 0.3 is 0 Å². The molecule has 5 nitrogen and oxygen atoms in total. The maximum absolute atomic E-state index is 11.3. The molecule has 2 N–H and O–H groups in total. The first-order valence-corrected chi connectivity index (χ1v) is 5.42. The van der Waals surface area contributed by atoms with Crippen LogP contribution in [0.4, 0.5) is 0 Å². The Kier molecular flexibility index (Phi) is 5.42. The Morgan fingerprint density at radius 1 is 1.38 bits per heavy atom. The molecule has 0 bridgehead atoms. The van der Waals surface area contributed by atoms with Gasteiger partial charge in [0.1, 0.15) is 5.82 Å². The Hall–Kier alpha value is -1.49. The molecule has 1 aromatic heterocycles. The maximum Gasteiger partial charge on any atom is 0.233 e. The molecule has 1 aromatic rings. The Morgan fingerprint density at radius 2 is 2.06 bits per heavy atom. The summed E-state index contributed by atoms with van der Waals surface area (Å²) in [6.07, 6.45) is 3.37. The summed E-state index contributed by atoms with van der Waals surface area (Å²) in [5.74, 6) is 1.17. The molecule has 0 spiro atoms. The van der Waals surface area contributed by atoms with Crippen LogP contribution in [0.3, 0.4) is 0 Å². The van der Waals surface area contributed by atoms with Crippen LogP contribution >= 0.6 is 0 Å². The monoisotopic (exact) mass is 222 g/mol. The summed E-state index contributed by atoms with van der Waals surface area (Å²) in [4.78, 5) is 19.4. The van der Waals surface area contributed by atoms with Crippen molar-refractivity contribution in [3.63, 3.8) is 0 Å². The van der Waals surface area contributed by atoms with Gasteiger partial charge in [-0.05, 0) is 12.0 Å². The van der Waals surface area contributed by atoms with Crippen molar-refractivity contribution in [2.75, 3.05) is 13.1 Å². The summed E-state index contributed by atoms with van der Waals surface area (Å²) in [6.45, 7) is 5.64. The molecule has 0 fully saturated rings. The van der Waals surface area contributed by atoms with E-state index in [1.165, 1.54) is 0 Å². The van der Waals surface area contributed by atoms with Crippen molar-refractivity contribution in [2.45, 2.75) is 20.4 Å². The van der Waals surface area contributed by atoms with Crippen molar-refractivity contribution in [3.8, 4) is 0 Å². The molecular formula is C11H18N4O. The second-order valence-electron chi connectivity index (χ2n) is 3.97. The molecule has 0 unspecified atom stereocenters. The first-order valence-electron chi connectivity index (χ1n) is 5.42. The molecule has 1 rings (SSSR count). The quantitative estimate of drug-likeness (QED) is 0.728. The summed E-state index contributed by atoms with van der Waals surface area (Å²) in [5, 5.41) is 5.81. The average Bonchev–Trinajstić information content (AvgIpc) is 2.28. The molecule has 0 saturated heterocycles. The molecule has 16 heavy (non-hydrogen) atoms. The third-order valence-electron chi connectivity index (χ3n) is 1.90. The van der Waals surface area contributed by atoms with E-state index >= 15 is 0 Å². The SMILES string of the molecule is CC(C)CNC(=O)CNCc1ncccn1. The van der Waals surface area contributed by atoms with Crippen molar-refractivity contribution in [3.05, 3.63) is 24.3 Å². The zero-order chi connectivity index (χ0) is 11.8. The van der Waals surface area contributed by atoms with E-state index in [4.69, 9.17) is 0 Å². The molecule has 1 heterocycles. The summed E-state index contributed by atoms with van der Waals surface area (Å²) in [6, 6.07) is 1.76. The van der Waals surface area contributed by atoms with E-state index < -0.39 is 0 Å². The lowest BCUT2D eigenvalue weighted by molar-refractivity contribution is -0.120. The number of hydrogen-bond donors (Lipinski definition) is 2. The van der Waals surface area contributed by atoms with Crippen LogP contribution in [0, 0.1) is 5.92 Å². The maximum atomic E-state index is 11.3. The van der Waals surface area contributed by atoms with Gasteiger partial charge in [0, 0.05) is 18.9 Å². The lowest BCUT2D eigenvalue weighted by Gasteiger charge is -2.07. The van der Waals surface area contributed by atoms with E-state index in [1.807, 2.05) is 0 Å². The number of nitrogens with one attached hydrogen (secondary N) is 2. The van der Waals surface area contributed by atoms with Crippen molar-refractivity contribution in [2.24, 2.45) is 5.92 Å². The van der Waals surface area contributed by atoms with E-state index in [9.17, 15) is 4.79 Å². The molecule has 0 saturated carbocycles. The van der Waals surface area contributed by atoms with Gasteiger partial charge < -0.3 is 10.6 Å². The third-order valence-corrected chi connectivity index (χ3v) is 1.90. The van der Waals surface area contributed by atoms with Gasteiger partial charge in [-0.1, -0.05) is 13.8 Å². The van der Waals surface area contributed by atoms with Gasteiger partial charge in [0.2, 0.25) is 5.91 Å². The molecule has 0 aliphatic carbocycles. The Bertz CT molecular complexity index is 313. The first kappa shape index (κ1) is 12.6. The number of nitrogens with zero attached hydrogens (tertiary/aromatic N) is 2. The Morgan fingerprint density at radius 3 is 2.69 bits per heavy atom. The number of rotatable bonds is 6. The number of carbonyl (C=O) groups excluding carboxylic acids is 1. The smallest absolute Gasteiger partial charge is 0.233 e. The van der Waals surface area contributed by atoms with Crippen LogP contribution in [-0.4, -0.2) is 29.0 Å². The molecule has 0 aromatic carbocycles. The molecule has 0 aliphatic heterocycles. The molecule has 88 valence electrons. The second-order valence-corrected chi connectivity index (χ2v) is 3.97. The summed E-state index contributed by atoms with van der Waals surface area (Å²) in [7, 11) is 0. The minimum atomic E-state index is 0.00429. The summed E-state index contributed by atoms with van der Waals surface area (Å²) >= 11 is 0. The zero-order valence-corrected chi connectivity index (χ0v) is 9.73. The van der Waals surface area contributed by atoms with Crippen molar-refractivity contribution in [1.29, 1.82) is 0 Å². The van der Waals surface area contributed by atoms with E-state index in [1.54, 1.807) is 18.5 Å². The van der Waals surface area contributed by atoms with Crippen LogP contribution in [0.5, 0.6) is 0 Å². The average molecular weight is 222 g/mol. The largest absolute Gasteiger partial charge is 0.355 e. The summed E-state index contributed by atoms with van der Waals surface area (Å²) in [5.41, 5.74) is 0. The van der Waals surface area contributed by atoms with E-state index in [0.717, 1.165) is 0 Å². The van der Waals surface area contributed by atoms with Crippen molar-refractivity contribution >= 4 is 5.91 Å². The number of hydrogen-bond acceptors (Lipinski definition) is 4. The van der Waals surface area contributed by atoms with E-state index in [2.05, 4.69) is 34.4 Å². The zero-order valence-electron chi connectivity index (χ0n) is 9.73. The van der Waals surface area contributed by atoms with Gasteiger partial charge in [0.05, 0.1) is 13.1 Å². The topological polar surface area (TPSA) is 66.9 Å². The van der Waals surface area contributed by atoms with Crippen LogP contribution in [0.15, 0.2) is 18.5 Å². The minimum absolute atomic E-state index is 0.00429. The van der Waals surface area contributed by atoms with Gasteiger partial charge in [-0.2, -0.15) is 0 Å². The lowest BCUT2D eigenvalue weighted by Crippen LogP contribution is -2.35. The standard InChI is InChI=1S/C11H18N4O/c1-9(2)6-15-11(16)8-12-7-10-13-4-3-5-14-10/h3-5,9,12H,6-8H2,1-2H3,(H,15,16). The van der Waals surface area contributed by atoms with Crippen LogP contribution in [0.2, 0.25) is 0 Å². The molecule has 1 amide bonds. The van der Waals surface area contributed by atoms with Crippen LogP contribution in [0.25, 0.3) is 0 Å². The Balaban J connectivity index is 2.13. The highest BCUT2D eigenvalue weighted by Crippen LogP contribution is 1.87. The van der Waals surface area contributed by atoms with Crippen LogP contribution < -0.4 is 10.6 Å². The third kappa shape index (κ3) is 5.41. The lowest BCUT2D eigenvalue weighted by atomic mass is 10.2. The van der Waals surface area contributed by atoms with Gasteiger partial charge in [-0.15, -0.1) is 0 Å². The molecule has 0 aliphatic rings. The second kappa shape index (κ2) is 6.90. The number of aromatic nitrogens is 2. The highest BCUT2D eigenvalue weighted by molar-refractivity contribution is 5.77. The fraction of sp³-hybridized carbons (Fsp3) is 0.545. The van der Waals surface area contributed by atoms with Crippen molar-refractivity contribution in [1.82, 2.24) is 20.6 Å². The first-order chi connectivity index (χ1) is 7.68. The van der Waals surface area contributed by atoms with Gasteiger partial charge in [-0.25, -0.2) is 9.97 Å². The van der Waals surface area contributed by atoms with Crippen LogP contribution in [-0.2, 0) is 11.3 Å². The van der Waals surface area contributed by atoms with Crippen LogP contribution in [0.1, 0.15) is 19.7 Å². The predicted octanol–water partition coefficient (Wildman–Crippen LogP) is 0.338. The van der Waals surface area contributed by atoms with Crippen molar-refractivity contribution < 1.29 is 4.79 Å². The highest BCUT2D eigenvalue weighted by Gasteiger charge is 2.02. The predicted molar refractivity (Wildman–Crippen MR) is 61.6 cm³/mol. The molecular weight excluding hydrogens is 204 g/mol. The minimum Gasteiger partial charge on any atom is -0.355 e. The van der Waals surface area contributed by atoms with Gasteiger partial charge in [-0.3, -0.25) is 4.79 Å². The number of carbonyl (C=O) groups is 1. The molecule has 0 atom stereocenters. The highest BCUT2D eigenvalue weighted by atomic mass is 16.1. The number of amides is 1. The fourth-order valence-electron chi connectivity index (χ4n) is 1.09. The fourth-order valence-corrected chi connectivity index (χ4v) is 1.09. The Labute approximate surface area is 95.7 Å². The van der Waals surface area contributed by atoms with E-state index in [0.29, 0.717) is 31.4 Å². The normalized spacial score (nSPS) is 10.4. The molecule has 5 heteroatoms. The van der Waals surface area contributed by atoms with Gasteiger partial charge in [0.25, 0.3) is 0 Å². The molecule has 0 radical (unpaired) electrons. The van der Waals surface area contributed by atoms with E-state index in [-0.39, 0.29) is 5.91 Å². The van der Waals surface area contributed by atoms with Gasteiger partial charge in [0.15, 0.2) is 0 Å². The summed E-state index contributed by atoms with van der Waals surface area (Å²) < 4.78 is 0.